The van der Waals surface area contributed by atoms with Gasteiger partial charge in [0.1, 0.15) is 0 Å². The Morgan fingerprint density at radius 2 is 1.93 bits per heavy atom. The minimum atomic E-state index is -0.102. The monoisotopic (exact) mass is 382 g/mol. The lowest BCUT2D eigenvalue weighted by Crippen LogP contribution is -2.39. The van der Waals surface area contributed by atoms with Gasteiger partial charge < -0.3 is 20.6 Å². The predicted octanol–water partition coefficient (Wildman–Crippen LogP) is 3.30. The zero-order chi connectivity index (χ0) is 19.8. The number of hydrogen-bond acceptors (Lipinski definition) is 3. The van der Waals surface area contributed by atoms with E-state index in [9.17, 15) is 5.11 Å². The number of likely N-dealkylation sites (tertiary alicyclic amines) is 1. The summed E-state index contributed by atoms with van der Waals surface area (Å²) in [4.78, 5) is 7.21. The first kappa shape index (κ1) is 20.6. The second kappa shape index (κ2) is 10.4. The van der Waals surface area contributed by atoms with Crippen molar-refractivity contribution in [3.8, 4) is 0 Å². The molecule has 0 bridgehead atoms. The van der Waals surface area contributed by atoms with Gasteiger partial charge in [-0.2, -0.15) is 0 Å². The molecule has 152 valence electrons. The highest BCUT2D eigenvalue weighted by molar-refractivity contribution is 5.87. The molecule has 0 saturated carbocycles. The van der Waals surface area contributed by atoms with E-state index in [1.807, 2.05) is 0 Å². The fraction of sp³-hybridized carbons (Fsp3) is 0.522. The highest BCUT2D eigenvalue weighted by Gasteiger charge is 2.16. The largest absolute Gasteiger partial charge is 0.393 e. The van der Waals surface area contributed by atoms with Crippen LogP contribution in [0.2, 0.25) is 0 Å². The van der Waals surface area contributed by atoms with E-state index in [0.717, 1.165) is 57.9 Å². The maximum atomic E-state index is 9.61. The van der Waals surface area contributed by atoms with Gasteiger partial charge in [0.2, 0.25) is 0 Å². The Morgan fingerprint density at radius 1 is 1.18 bits per heavy atom. The number of hydrogen-bond donors (Lipinski definition) is 3. The highest BCUT2D eigenvalue weighted by atomic mass is 16.3. The van der Waals surface area contributed by atoms with Crippen molar-refractivity contribution in [2.75, 3.05) is 32.7 Å². The van der Waals surface area contributed by atoms with Gasteiger partial charge in [-0.05, 0) is 56.0 Å². The molecule has 3 N–H and O–H groups in total. The van der Waals surface area contributed by atoms with Gasteiger partial charge in [0.25, 0.3) is 0 Å². The second-order valence-corrected chi connectivity index (χ2v) is 7.62. The van der Waals surface area contributed by atoms with E-state index in [-0.39, 0.29) is 12.1 Å². The van der Waals surface area contributed by atoms with E-state index in [4.69, 9.17) is 4.99 Å². The summed E-state index contributed by atoms with van der Waals surface area (Å²) >= 11 is 0. The summed E-state index contributed by atoms with van der Waals surface area (Å²) in [5, 5.41) is 19.1. The number of aliphatic hydroxyl groups excluding tert-OH is 1. The number of benzene rings is 2. The maximum absolute atomic E-state index is 9.61. The Kier molecular flexibility index (Phi) is 7.69. The predicted molar refractivity (Wildman–Crippen MR) is 118 cm³/mol. The van der Waals surface area contributed by atoms with Crippen LogP contribution >= 0.6 is 0 Å². The van der Waals surface area contributed by atoms with Gasteiger partial charge in [0.05, 0.1) is 12.1 Å². The van der Waals surface area contributed by atoms with Crippen molar-refractivity contribution in [1.29, 1.82) is 0 Å². The topological polar surface area (TPSA) is 59.9 Å². The number of aliphatic imine (C=N–C) groups is 1. The van der Waals surface area contributed by atoms with Crippen LogP contribution in [-0.2, 0) is 0 Å². The van der Waals surface area contributed by atoms with Gasteiger partial charge in [0, 0.05) is 26.2 Å². The molecule has 3 rings (SSSR count). The zero-order valence-electron chi connectivity index (χ0n) is 17.2. The van der Waals surface area contributed by atoms with E-state index in [1.54, 1.807) is 0 Å². The molecule has 1 atom stereocenters. The molecule has 1 fully saturated rings. The molecule has 0 amide bonds. The third-order valence-electron chi connectivity index (χ3n) is 5.45. The lowest BCUT2D eigenvalue weighted by atomic mass is 10.00. The van der Waals surface area contributed by atoms with Gasteiger partial charge in [-0.25, -0.2) is 0 Å². The van der Waals surface area contributed by atoms with Crippen LogP contribution in [0.3, 0.4) is 0 Å². The van der Waals surface area contributed by atoms with E-state index in [0.29, 0.717) is 0 Å². The third kappa shape index (κ3) is 5.69. The molecule has 1 aliphatic heterocycles. The van der Waals surface area contributed by atoms with Gasteiger partial charge in [-0.1, -0.05) is 42.5 Å². The van der Waals surface area contributed by atoms with Crippen LogP contribution in [0.25, 0.3) is 10.8 Å². The molecule has 2 aromatic rings. The maximum Gasteiger partial charge on any atom is 0.191 e. The van der Waals surface area contributed by atoms with Gasteiger partial charge in [-0.3, -0.25) is 4.99 Å². The number of piperidine rings is 1. The number of fused-ring (bicyclic) bond motifs is 1. The van der Waals surface area contributed by atoms with Gasteiger partial charge in [-0.15, -0.1) is 0 Å². The first-order valence-corrected chi connectivity index (χ1v) is 10.6. The van der Waals surface area contributed by atoms with Crippen molar-refractivity contribution in [2.24, 2.45) is 4.99 Å². The van der Waals surface area contributed by atoms with Crippen molar-refractivity contribution < 1.29 is 5.11 Å². The summed E-state index contributed by atoms with van der Waals surface area (Å²) in [5.41, 5.74) is 1.29. The van der Waals surface area contributed by atoms with Gasteiger partial charge in [0.15, 0.2) is 5.96 Å². The molecular formula is C23H34N4O. The van der Waals surface area contributed by atoms with Crippen LogP contribution in [0.4, 0.5) is 0 Å². The summed E-state index contributed by atoms with van der Waals surface area (Å²) < 4.78 is 0. The molecule has 1 heterocycles. The minimum Gasteiger partial charge on any atom is -0.393 e. The fourth-order valence-electron chi connectivity index (χ4n) is 3.86. The number of rotatable bonds is 7. The van der Waals surface area contributed by atoms with E-state index in [1.165, 1.54) is 16.3 Å². The molecule has 1 saturated heterocycles. The Labute approximate surface area is 168 Å². The van der Waals surface area contributed by atoms with E-state index >= 15 is 0 Å². The van der Waals surface area contributed by atoms with Crippen molar-refractivity contribution in [3.05, 3.63) is 48.0 Å². The second-order valence-electron chi connectivity index (χ2n) is 7.62. The molecule has 0 aromatic heterocycles. The smallest absolute Gasteiger partial charge is 0.191 e. The molecule has 0 spiro atoms. The van der Waals surface area contributed by atoms with Crippen molar-refractivity contribution >= 4 is 16.7 Å². The zero-order valence-corrected chi connectivity index (χ0v) is 17.2. The Bertz CT molecular complexity index is 763. The lowest BCUT2D eigenvalue weighted by Gasteiger charge is -2.29. The first-order chi connectivity index (χ1) is 13.7. The third-order valence-corrected chi connectivity index (χ3v) is 5.45. The van der Waals surface area contributed by atoms with Gasteiger partial charge >= 0.3 is 0 Å². The highest BCUT2D eigenvalue weighted by Crippen LogP contribution is 2.23. The Balaban J connectivity index is 1.56. The summed E-state index contributed by atoms with van der Waals surface area (Å²) in [6, 6.07) is 15.2. The lowest BCUT2D eigenvalue weighted by molar-refractivity contribution is 0.0824. The molecular weight excluding hydrogens is 348 g/mol. The quantitative estimate of drug-likeness (QED) is 0.391. The summed E-state index contributed by atoms with van der Waals surface area (Å²) in [6.07, 6.45) is 2.73. The standard InChI is InChI=1S/C23H34N4O/c1-3-24-23(25-14-7-15-27-16-12-20(28)13-17-27)26-18(2)21-11-6-9-19-8-4-5-10-22(19)21/h4-6,8-11,18,20,28H,3,7,12-17H2,1-2H3,(H2,24,25,26). The van der Waals surface area contributed by atoms with Crippen molar-refractivity contribution in [3.63, 3.8) is 0 Å². The first-order valence-electron chi connectivity index (χ1n) is 10.6. The van der Waals surface area contributed by atoms with E-state index in [2.05, 4.69) is 71.8 Å². The summed E-state index contributed by atoms with van der Waals surface area (Å²) in [6.45, 7) is 8.98. The SMILES string of the molecule is CCNC(=NCCCN1CCC(O)CC1)NC(C)c1cccc2ccccc12. The fourth-order valence-corrected chi connectivity index (χ4v) is 3.86. The molecule has 5 nitrogen and oxygen atoms in total. The average Bonchev–Trinajstić information content (AvgIpc) is 2.72. The van der Waals surface area contributed by atoms with E-state index < -0.39 is 0 Å². The summed E-state index contributed by atoms with van der Waals surface area (Å²) in [7, 11) is 0. The molecule has 1 unspecified atom stereocenters. The number of aliphatic hydroxyl groups is 1. The van der Waals surface area contributed by atoms with Crippen LogP contribution in [0.15, 0.2) is 47.5 Å². The Morgan fingerprint density at radius 3 is 2.71 bits per heavy atom. The van der Waals surface area contributed by atoms with Crippen LogP contribution in [0, 0.1) is 0 Å². The molecule has 1 aliphatic rings. The summed E-state index contributed by atoms with van der Waals surface area (Å²) in [5.74, 6) is 0.872. The minimum absolute atomic E-state index is 0.102. The molecule has 5 heteroatoms. The molecule has 28 heavy (non-hydrogen) atoms. The molecule has 0 aliphatic carbocycles. The number of nitrogens with one attached hydrogen (secondary N) is 2. The van der Waals surface area contributed by atoms with Crippen molar-refractivity contribution in [1.82, 2.24) is 15.5 Å². The number of guanidine groups is 1. The normalized spacial score (nSPS) is 17.6. The Hall–Kier alpha value is -2.11. The molecule has 0 radical (unpaired) electrons. The van der Waals surface area contributed by atoms with Crippen LogP contribution in [0.1, 0.15) is 44.7 Å². The average molecular weight is 383 g/mol. The van der Waals surface area contributed by atoms with Crippen molar-refractivity contribution in [2.45, 2.75) is 45.3 Å². The van der Waals surface area contributed by atoms with Crippen LogP contribution in [0.5, 0.6) is 0 Å². The molecule has 2 aromatic carbocycles. The van der Waals surface area contributed by atoms with Crippen LogP contribution < -0.4 is 10.6 Å². The number of nitrogens with zero attached hydrogens (tertiary/aromatic N) is 2. The van der Waals surface area contributed by atoms with Crippen LogP contribution in [-0.4, -0.2) is 54.8 Å².